The van der Waals surface area contributed by atoms with Crippen LogP contribution < -0.4 is 0 Å². The minimum absolute atomic E-state index is 0.00382. The third-order valence-electron chi connectivity index (χ3n) is 3.22. The third kappa shape index (κ3) is 4.37. The molecule has 2 nitrogen and oxygen atoms in total. The van der Waals surface area contributed by atoms with Crippen LogP contribution in [-0.2, 0) is 4.43 Å². The van der Waals surface area contributed by atoms with E-state index in [1.807, 2.05) is 6.92 Å². The maximum Gasteiger partial charge on any atom is 0.191 e. The molecule has 0 aromatic rings. The van der Waals surface area contributed by atoms with E-state index in [0.29, 0.717) is 6.61 Å². The van der Waals surface area contributed by atoms with Crippen LogP contribution in [0.15, 0.2) is 0 Å². The molecule has 0 rings (SSSR count). The first kappa shape index (κ1) is 14.7. The second kappa shape index (κ2) is 5.15. The van der Waals surface area contributed by atoms with Gasteiger partial charge in [-0.25, -0.2) is 0 Å². The molecule has 0 saturated carbocycles. The normalized spacial score (nSPS) is 16.9. The number of aliphatic hydroxyl groups excluding tert-OH is 1. The molecule has 3 heteroatoms. The van der Waals surface area contributed by atoms with Crippen molar-refractivity contribution in [1.29, 1.82) is 0 Å². The van der Waals surface area contributed by atoms with Gasteiger partial charge >= 0.3 is 0 Å². The van der Waals surface area contributed by atoms with E-state index < -0.39 is 14.4 Å². The van der Waals surface area contributed by atoms with E-state index in [1.54, 1.807) is 0 Å². The summed E-state index contributed by atoms with van der Waals surface area (Å²) in [5.74, 6) is 2.33. The molecule has 0 aliphatic carbocycles. The molecule has 2 atom stereocenters. The van der Waals surface area contributed by atoms with Gasteiger partial charge in [-0.05, 0) is 18.1 Å². The zero-order valence-electron chi connectivity index (χ0n) is 10.8. The summed E-state index contributed by atoms with van der Waals surface area (Å²) in [5, 5.41) is 9.63. The Kier molecular flexibility index (Phi) is 5.05. The largest absolute Gasteiger partial charge is 0.416 e. The molecule has 0 fully saturated rings. The summed E-state index contributed by atoms with van der Waals surface area (Å²) < 4.78 is 5.96. The van der Waals surface area contributed by atoms with Gasteiger partial charge in [-0.2, -0.15) is 0 Å². The predicted molar refractivity (Wildman–Crippen MR) is 67.2 cm³/mol. The Bertz CT molecular complexity index is 235. The zero-order valence-corrected chi connectivity index (χ0v) is 11.8. The minimum atomic E-state index is -1.71. The average molecular weight is 228 g/mol. The van der Waals surface area contributed by atoms with Crippen LogP contribution >= 0.6 is 0 Å². The first-order valence-corrected chi connectivity index (χ1v) is 8.31. The van der Waals surface area contributed by atoms with Gasteiger partial charge in [0, 0.05) is 12.5 Å². The molecule has 15 heavy (non-hydrogen) atoms. The zero-order chi connectivity index (χ0) is 12.3. The van der Waals surface area contributed by atoms with Crippen LogP contribution in [0.25, 0.3) is 0 Å². The molecule has 0 spiro atoms. The maximum absolute atomic E-state index is 9.43. The molecule has 0 saturated heterocycles. The van der Waals surface area contributed by atoms with Gasteiger partial charge in [0.25, 0.3) is 0 Å². The smallest absolute Gasteiger partial charge is 0.191 e. The molecule has 0 amide bonds. The van der Waals surface area contributed by atoms with Crippen LogP contribution in [0.3, 0.4) is 0 Å². The molecule has 0 heterocycles. The van der Waals surface area contributed by atoms with Crippen molar-refractivity contribution >= 4 is 8.32 Å². The van der Waals surface area contributed by atoms with Crippen molar-refractivity contribution < 1.29 is 9.53 Å². The first-order chi connectivity index (χ1) is 6.62. The van der Waals surface area contributed by atoms with Crippen molar-refractivity contribution in [2.24, 2.45) is 5.92 Å². The van der Waals surface area contributed by atoms with Crippen LogP contribution in [0.5, 0.6) is 0 Å². The molecular formula is C12H24O2Si. The van der Waals surface area contributed by atoms with Gasteiger partial charge in [0.05, 0.1) is 0 Å². The minimum Gasteiger partial charge on any atom is -0.416 e. The molecule has 0 radical (unpaired) electrons. The Morgan fingerprint density at radius 3 is 2.20 bits per heavy atom. The molecule has 1 N–H and O–H groups in total. The Morgan fingerprint density at radius 1 is 1.40 bits per heavy atom. The molecular weight excluding hydrogens is 204 g/mol. The van der Waals surface area contributed by atoms with Crippen LogP contribution in [-0.4, -0.2) is 26.1 Å². The molecule has 0 aliphatic rings. The first-order valence-electron chi connectivity index (χ1n) is 5.40. The SMILES string of the molecule is C#C[C@@H](O)[C@@H](C)CO[Si](C)(C)C(C)(C)C. The number of hydrogen-bond acceptors (Lipinski definition) is 2. The van der Waals surface area contributed by atoms with Crippen molar-refractivity contribution in [3.05, 3.63) is 0 Å². The van der Waals surface area contributed by atoms with Gasteiger partial charge in [0.15, 0.2) is 8.32 Å². The summed E-state index contributed by atoms with van der Waals surface area (Å²) in [6.07, 6.45) is 4.45. The third-order valence-corrected chi connectivity index (χ3v) is 7.72. The van der Waals surface area contributed by atoms with Gasteiger partial charge < -0.3 is 9.53 Å². The van der Waals surface area contributed by atoms with Gasteiger partial charge in [0.2, 0.25) is 0 Å². The molecule has 0 bridgehead atoms. The summed E-state index contributed by atoms with van der Waals surface area (Å²) in [7, 11) is -1.71. The second-order valence-corrected chi connectivity index (χ2v) is 10.5. The lowest BCUT2D eigenvalue weighted by atomic mass is 10.1. The van der Waals surface area contributed by atoms with E-state index in [1.165, 1.54) is 0 Å². The van der Waals surface area contributed by atoms with Crippen LogP contribution in [0.2, 0.25) is 18.1 Å². The predicted octanol–water partition coefficient (Wildman–Crippen LogP) is 2.64. The molecule has 88 valence electrons. The highest BCUT2D eigenvalue weighted by Crippen LogP contribution is 2.36. The van der Waals surface area contributed by atoms with E-state index in [4.69, 9.17) is 10.8 Å². The topological polar surface area (TPSA) is 29.5 Å². The van der Waals surface area contributed by atoms with E-state index >= 15 is 0 Å². The Balaban J connectivity index is 4.23. The van der Waals surface area contributed by atoms with Crippen LogP contribution in [0.4, 0.5) is 0 Å². The summed E-state index contributed by atoms with van der Waals surface area (Å²) in [5.41, 5.74) is 0. The lowest BCUT2D eigenvalue weighted by molar-refractivity contribution is 0.121. The van der Waals surface area contributed by atoms with Crippen molar-refractivity contribution in [2.45, 2.75) is 51.9 Å². The van der Waals surface area contributed by atoms with Crippen LogP contribution in [0, 0.1) is 18.3 Å². The quantitative estimate of drug-likeness (QED) is 0.592. The van der Waals surface area contributed by atoms with E-state index in [2.05, 4.69) is 39.8 Å². The summed E-state index contributed by atoms with van der Waals surface area (Å²) in [6.45, 7) is 13.4. The monoisotopic (exact) mass is 228 g/mol. The average Bonchev–Trinajstić information content (AvgIpc) is 2.11. The Morgan fingerprint density at radius 2 is 1.87 bits per heavy atom. The van der Waals surface area contributed by atoms with E-state index in [0.717, 1.165) is 0 Å². The Labute approximate surface area is 95.2 Å². The summed E-state index contributed by atoms with van der Waals surface area (Å²) in [6, 6.07) is 0. The van der Waals surface area contributed by atoms with Crippen LogP contribution in [0.1, 0.15) is 27.7 Å². The molecule has 0 unspecified atom stereocenters. The number of aliphatic hydroxyl groups is 1. The number of hydrogen-bond donors (Lipinski definition) is 1. The number of rotatable bonds is 4. The van der Waals surface area contributed by atoms with Crippen molar-refractivity contribution in [3.8, 4) is 12.3 Å². The van der Waals surface area contributed by atoms with Crippen molar-refractivity contribution in [1.82, 2.24) is 0 Å². The molecule has 0 aliphatic heterocycles. The Hall–Kier alpha value is -0.303. The fraction of sp³-hybridized carbons (Fsp3) is 0.833. The van der Waals surface area contributed by atoms with Gasteiger partial charge in [-0.15, -0.1) is 6.42 Å². The van der Waals surface area contributed by atoms with Crippen molar-refractivity contribution in [2.75, 3.05) is 6.61 Å². The lowest BCUT2D eigenvalue weighted by Gasteiger charge is -2.37. The fourth-order valence-corrected chi connectivity index (χ4v) is 1.92. The fourth-order valence-electron chi connectivity index (χ4n) is 0.812. The second-order valence-electron chi connectivity index (χ2n) is 5.66. The lowest BCUT2D eigenvalue weighted by Crippen LogP contribution is -2.42. The van der Waals surface area contributed by atoms with Gasteiger partial charge in [-0.1, -0.05) is 33.6 Å². The molecule has 0 aromatic carbocycles. The van der Waals surface area contributed by atoms with Gasteiger partial charge in [0.1, 0.15) is 6.10 Å². The number of terminal acetylenes is 1. The van der Waals surface area contributed by atoms with Gasteiger partial charge in [-0.3, -0.25) is 0 Å². The standard InChI is InChI=1S/C12H24O2Si/c1-8-11(13)10(2)9-14-15(6,7)12(3,4)5/h1,10-11,13H,9H2,2-7H3/t10-,11+/m0/s1. The highest BCUT2D eigenvalue weighted by molar-refractivity contribution is 6.74. The summed E-state index contributed by atoms with van der Waals surface area (Å²) >= 11 is 0. The highest BCUT2D eigenvalue weighted by atomic mass is 28.4. The van der Waals surface area contributed by atoms with E-state index in [9.17, 15) is 5.11 Å². The highest BCUT2D eigenvalue weighted by Gasteiger charge is 2.37. The van der Waals surface area contributed by atoms with E-state index in [-0.39, 0.29) is 11.0 Å². The molecule has 0 aromatic heterocycles. The summed E-state index contributed by atoms with van der Waals surface area (Å²) in [4.78, 5) is 0. The maximum atomic E-state index is 9.43. The van der Waals surface area contributed by atoms with Crippen molar-refractivity contribution in [3.63, 3.8) is 0 Å².